The van der Waals surface area contributed by atoms with Crippen LogP contribution in [0.25, 0.3) is 49.6 Å². The molecule has 0 radical (unpaired) electrons. The van der Waals surface area contributed by atoms with Crippen molar-refractivity contribution in [2.45, 2.75) is 58.6 Å². The van der Waals surface area contributed by atoms with E-state index >= 15 is 0 Å². The van der Waals surface area contributed by atoms with Crippen molar-refractivity contribution in [2.75, 3.05) is 20.2 Å². The number of aromatic nitrogens is 5. The summed E-state index contributed by atoms with van der Waals surface area (Å²) >= 11 is 6.90. The van der Waals surface area contributed by atoms with Crippen LogP contribution < -0.4 is 11.2 Å². The Bertz CT molecular complexity index is 2290. The van der Waals surface area contributed by atoms with Gasteiger partial charge in [0.25, 0.3) is 5.56 Å². The van der Waals surface area contributed by atoms with Gasteiger partial charge in [-0.05, 0) is 69.9 Å². The number of halogens is 1. The zero-order chi connectivity index (χ0) is 34.4. The number of likely N-dealkylation sites (tertiary alicyclic amines) is 1. The first-order chi connectivity index (χ1) is 23.5. The van der Waals surface area contributed by atoms with E-state index in [4.69, 9.17) is 26.2 Å². The van der Waals surface area contributed by atoms with Crippen LogP contribution in [0.2, 0.25) is 5.02 Å². The van der Waals surface area contributed by atoms with Crippen molar-refractivity contribution >= 4 is 33.3 Å². The summed E-state index contributed by atoms with van der Waals surface area (Å²) in [6.45, 7) is 9.83. The Kier molecular flexibility index (Phi) is 8.74. The van der Waals surface area contributed by atoms with Gasteiger partial charge in [0.1, 0.15) is 0 Å². The second-order valence-corrected chi connectivity index (χ2v) is 13.9. The largest absolute Gasteiger partial charge is 0.343 e. The van der Waals surface area contributed by atoms with E-state index in [0.717, 1.165) is 69.2 Å². The number of pyridine rings is 1. The average molecular weight is 679 g/mol. The summed E-state index contributed by atoms with van der Waals surface area (Å²) < 4.78 is 15.1. The monoisotopic (exact) mass is 678 g/mol. The fourth-order valence-corrected chi connectivity index (χ4v) is 7.17. The molecule has 1 saturated heterocycles. The summed E-state index contributed by atoms with van der Waals surface area (Å²) in [5.74, 6) is 0. The van der Waals surface area contributed by atoms with Crippen molar-refractivity contribution in [3.05, 3.63) is 111 Å². The second kappa shape index (κ2) is 13.0. The molecule has 252 valence electrons. The molecule has 10 nitrogen and oxygen atoms in total. The molecule has 0 saturated carbocycles. The van der Waals surface area contributed by atoms with Crippen LogP contribution in [0.5, 0.6) is 0 Å². The quantitative estimate of drug-likeness (QED) is 0.180. The van der Waals surface area contributed by atoms with E-state index < -0.39 is 11.2 Å². The Morgan fingerprint density at radius 3 is 2.47 bits per heavy atom. The molecule has 49 heavy (non-hydrogen) atoms. The minimum absolute atomic E-state index is 0.227. The first-order valence-corrected chi connectivity index (χ1v) is 16.8. The molecule has 1 N–H and O–H groups in total. The van der Waals surface area contributed by atoms with E-state index in [1.807, 2.05) is 81.6 Å². The molecule has 11 heteroatoms. The van der Waals surface area contributed by atoms with Crippen LogP contribution in [0.4, 0.5) is 0 Å². The number of hydrogen-bond donors (Lipinski definition) is 1. The smallest absolute Gasteiger partial charge is 0.333 e. The lowest BCUT2D eigenvalue weighted by Crippen LogP contribution is -2.47. The van der Waals surface area contributed by atoms with Crippen molar-refractivity contribution in [1.29, 1.82) is 0 Å². The third-order valence-corrected chi connectivity index (χ3v) is 9.54. The fourth-order valence-electron chi connectivity index (χ4n) is 6.88. The highest BCUT2D eigenvalue weighted by Gasteiger charge is 2.30. The van der Waals surface area contributed by atoms with Gasteiger partial charge in [-0.2, -0.15) is 5.10 Å². The maximum Gasteiger partial charge on any atom is 0.333 e. The Morgan fingerprint density at radius 2 is 1.71 bits per heavy atom. The molecule has 6 aromatic rings. The van der Waals surface area contributed by atoms with Crippen LogP contribution in [-0.2, 0) is 9.47 Å². The minimum Gasteiger partial charge on any atom is -0.343 e. The van der Waals surface area contributed by atoms with Crippen molar-refractivity contribution in [2.24, 2.45) is 0 Å². The molecular formula is C38H39ClN6O4. The van der Waals surface area contributed by atoms with E-state index in [1.165, 1.54) is 0 Å². The maximum atomic E-state index is 13.8. The lowest BCUT2D eigenvalue weighted by molar-refractivity contribution is -0.256. The average Bonchev–Trinajstić information content (AvgIpc) is 3.47. The molecule has 0 bridgehead atoms. The van der Waals surface area contributed by atoms with Crippen LogP contribution in [0.15, 0.2) is 88.8 Å². The van der Waals surface area contributed by atoms with Gasteiger partial charge in [-0.3, -0.25) is 19.4 Å². The molecule has 1 aliphatic rings. The number of hydrogen-bond acceptors (Lipinski definition) is 7. The van der Waals surface area contributed by atoms with Crippen LogP contribution >= 0.6 is 11.6 Å². The number of nitrogens with zero attached hydrogens (tertiary/aromatic N) is 5. The van der Waals surface area contributed by atoms with Gasteiger partial charge in [0.05, 0.1) is 40.6 Å². The first-order valence-electron chi connectivity index (χ1n) is 16.4. The number of H-pyrrole nitrogens is 1. The Labute approximate surface area is 288 Å². The van der Waals surface area contributed by atoms with Crippen LogP contribution in [0.1, 0.15) is 45.3 Å². The lowest BCUT2D eigenvalue weighted by atomic mass is 9.94. The van der Waals surface area contributed by atoms with Crippen molar-refractivity contribution in [3.63, 3.8) is 0 Å². The summed E-state index contributed by atoms with van der Waals surface area (Å²) in [7, 11) is 1.68. The van der Waals surface area contributed by atoms with Gasteiger partial charge in [-0.1, -0.05) is 54.1 Å². The number of nitrogens with one attached hydrogen (secondary N) is 1. The van der Waals surface area contributed by atoms with E-state index in [1.54, 1.807) is 25.6 Å². The fraction of sp³-hybridized carbons (Fsp3) is 0.316. The summed E-state index contributed by atoms with van der Waals surface area (Å²) in [5, 5.41) is 7.39. The third-order valence-electron chi connectivity index (χ3n) is 9.22. The topological polar surface area (TPSA) is 107 Å². The highest BCUT2D eigenvalue weighted by atomic mass is 35.5. The lowest BCUT2D eigenvalue weighted by Gasteiger charge is -2.39. The van der Waals surface area contributed by atoms with Crippen LogP contribution in [0.3, 0.4) is 0 Å². The number of piperidine rings is 1. The maximum absolute atomic E-state index is 13.8. The zero-order valence-corrected chi connectivity index (χ0v) is 29.0. The first kappa shape index (κ1) is 32.9. The highest BCUT2D eigenvalue weighted by molar-refractivity contribution is 6.34. The van der Waals surface area contributed by atoms with Crippen molar-refractivity contribution in [1.82, 2.24) is 29.2 Å². The second-order valence-electron chi connectivity index (χ2n) is 13.5. The van der Waals surface area contributed by atoms with E-state index in [2.05, 4.69) is 26.5 Å². The number of methoxy groups -OCH3 is 1. The summed E-state index contributed by atoms with van der Waals surface area (Å²) in [5.41, 5.74) is 4.08. The molecule has 1 aliphatic heterocycles. The van der Waals surface area contributed by atoms with Gasteiger partial charge in [-0.15, -0.1) is 0 Å². The number of rotatable bonds is 7. The standard InChI is InChI=1S/C38H39ClN6O4/c1-23-30(21-41-45(23)26-15-17-43(18-16-26)37(48-5)49-38(2,3)4)28-11-8-12-31(39)34(28)24-13-14-29-32(19-24)42-36(47)44(35(29)46)33-22-40-20-25-9-6-7-10-27(25)33/h6-14,19-22,26,37H,15-18H2,1-5H3,(H,42,47). The predicted octanol–water partition coefficient (Wildman–Crippen LogP) is 7.10. The Balaban J connectivity index is 1.22. The van der Waals surface area contributed by atoms with Gasteiger partial charge < -0.3 is 14.5 Å². The van der Waals surface area contributed by atoms with Crippen LogP contribution in [-0.4, -0.2) is 61.4 Å². The molecule has 3 aromatic carbocycles. The Morgan fingerprint density at radius 1 is 0.939 bits per heavy atom. The number of ether oxygens (including phenoxy) is 2. The van der Waals surface area contributed by atoms with E-state index in [0.29, 0.717) is 21.6 Å². The third kappa shape index (κ3) is 6.21. The molecular weight excluding hydrogens is 640 g/mol. The zero-order valence-electron chi connectivity index (χ0n) is 28.2. The molecule has 0 spiro atoms. The van der Waals surface area contributed by atoms with Crippen molar-refractivity contribution < 1.29 is 9.47 Å². The molecule has 1 unspecified atom stereocenters. The molecule has 1 atom stereocenters. The van der Waals surface area contributed by atoms with Crippen molar-refractivity contribution in [3.8, 4) is 27.9 Å². The Hall–Kier alpha value is -4.61. The highest BCUT2D eigenvalue weighted by Crippen LogP contribution is 2.40. The number of benzene rings is 3. The summed E-state index contributed by atoms with van der Waals surface area (Å²) in [4.78, 5) is 36.7. The predicted molar refractivity (Wildman–Crippen MR) is 193 cm³/mol. The summed E-state index contributed by atoms with van der Waals surface area (Å²) in [6, 6.07) is 19.0. The normalized spacial score (nSPS) is 15.3. The van der Waals surface area contributed by atoms with Gasteiger partial charge in [-0.25, -0.2) is 9.36 Å². The molecule has 7 rings (SSSR count). The summed E-state index contributed by atoms with van der Waals surface area (Å²) in [6.07, 6.45) is 6.57. The van der Waals surface area contributed by atoms with Crippen LogP contribution in [0, 0.1) is 6.92 Å². The van der Waals surface area contributed by atoms with E-state index in [9.17, 15) is 9.59 Å². The van der Waals surface area contributed by atoms with E-state index in [-0.39, 0.29) is 18.1 Å². The molecule has 0 aliphatic carbocycles. The molecule has 0 amide bonds. The molecule has 1 fully saturated rings. The van der Waals surface area contributed by atoms with Gasteiger partial charge >= 0.3 is 5.69 Å². The molecule has 3 aromatic heterocycles. The number of fused-ring (bicyclic) bond motifs is 2. The number of aromatic amines is 1. The van der Waals surface area contributed by atoms with Gasteiger partial charge in [0.15, 0.2) is 0 Å². The molecule has 4 heterocycles. The SMILES string of the molecule is COC(OC(C)(C)C)N1CCC(n2ncc(-c3cccc(Cl)c3-c3ccc4c(=O)n(-c5cncc6ccccc56)c(=O)[nH]c4c3)c2C)CC1. The van der Waals surface area contributed by atoms with Gasteiger partial charge in [0.2, 0.25) is 6.41 Å². The minimum atomic E-state index is -0.544. The van der Waals surface area contributed by atoms with Gasteiger partial charge in [0, 0.05) is 59.0 Å².